The first-order valence-corrected chi connectivity index (χ1v) is 4.37. The summed E-state index contributed by atoms with van der Waals surface area (Å²) >= 11 is 4.69. The van der Waals surface area contributed by atoms with Crippen molar-refractivity contribution in [2.24, 2.45) is 5.73 Å². The van der Waals surface area contributed by atoms with Crippen molar-refractivity contribution in [1.29, 1.82) is 0 Å². The number of aromatic nitrogens is 2. The summed E-state index contributed by atoms with van der Waals surface area (Å²) in [5.74, 6) is 0.526. The van der Waals surface area contributed by atoms with Crippen molar-refractivity contribution < 1.29 is 0 Å². The van der Waals surface area contributed by atoms with Crippen LogP contribution in [0, 0.1) is 0 Å². The molecule has 72 valence electrons. The highest BCUT2D eigenvalue weighted by Crippen LogP contribution is 2.16. The number of imidazole rings is 1. The molecule has 5 nitrogen and oxygen atoms in total. The summed E-state index contributed by atoms with van der Waals surface area (Å²) < 4.78 is 0. The number of nitrogens with one attached hydrogen (secondary N) is 2. The number of nitrogens with two attached hydrogens (primary N) is 2. The van der Waals surface area contributed by atoms with Gasteiger partial charge in [-0.2, -0.15) is 0 Å². The number of thiocarbonyl (C=S) groups is 1. The number of hydrogen-bond donors (Lipinski definition) is 4. The van der Waals surface area contributed by atoms with E-state index in [4.69, 9.17) is 11.5 Å². The summed E-state index contributed by atoms with van der Waals surface area (Å²) in [4.78, 5) is 7.20. The minimum Gasteiger partial charge on any atom is -0.399 e. The Hall–Kier alpha value is -1.82. The second-order valence-electron chi connectivity index (χ2n) is 2.85. The van der Waals surface area contributed by atoms with Crippen LogP contribution in [0.3, 0.4) is 0 Å². The zero-order valence-electron chi connectivity index (χ0n) is 7.24. The van der Waals surface area contributed by atoms with E-state index in [1.165, 1.54) is 0 Å². The molecule has 0 atom stereocenters. The van der Waals surface area contributed by atoms with Crippen molar-refractivity contribution in [3.05, 3.63) is 18.2 Å². The molecule has 0 bridgehead atoms. The molecule has 6 N–H and O–H groups in total. The van der Waals surface area contributed by atoms with E-state index in [-0.39, 0.29) is 5.11 Å². The number of aromatic amines is 1. The van der Waals surface area contributed by atoms with E-state index in [9.17, 15) is 0 Å². The highest BCUT2D eigenvalue weighted by molar-refractivity contribution is 7.80. The summed E-state index contributed by atoms with van der Waals surface area (Å²) in [5.41, 5.74) is 13.3. The number of nitrogens with zero attached hydrogens (tertiary/aromatic N) is 1. The first-order valence-electron chi connectivity index (χ1n) is 3.97. The van der Waals surface area contributed by atoms with Crippen molar-refractivity contribution >= 4 is 40.0 Å². The molecule has 6 heteroatoms. The first-order chi connectivity index (χ1) is 6.65. The number of nitrogen functional groups attached to an aromatic ring is 1. The molecular weight excluding hydrogens is 198 g/mol. The topological polar surface area (TPSA) is 92.8 Å². The van der Waals surface area contributed by atoms with E-state index >= 15 is 0 Å². The van der Waals surface area contributed by atoms with Crippen LogP contribution in [0.1, 0.15) is 0 Å². The largest absolute Gasteiger partial charge is 0.399 e. The van der Waals surface area contributed by atoms with E-state index in [0.717, 1.165) is 11.0 Å². The van der Waals surface area contributed by atoms with Gasteiger partial charge >= 0.3 is 0 Å². The maximum absolute atomic E-state index is 5.62. The highest BCUT2D eigenvalue weighted by atomic mass is 32.1. The number of H-pyrrole nitrogens is 1. The van der Waals surface area contributed by atoms with Crippen molar-refractivity contribution in [2.45, 2.75) is 0 Å². The molecule has 1 heterocycles. The normalized spacial score (nSPS) is 10.3. The SMILES string of the molecule is NC(=S)Nc1nc2ccc(N)cc2[nH]1. The van der Waals surface area contributed by atoms with Gasteiger partial charge in [-0.05, 0) is 30.4 Å². The van der Waals surface area contributed by atoms with Crippen LogP contribution in [-0.2, 0) is 0 Å². The van der Waals surface area contributed by atoms with Crippen LogP contribution < -0.4 is 16.8 Å². The molecule has 1 aromatic heterocycles. The Labute approximate surface area is 85.5 Å². The Morgan fingerprint density at radius 3 is 3.00 bits per heavy atom. The molecule has 2 aromatic rings. The van der Waals surface area contributed by atoms with E-state index in [1.54, 1.807) is 12.1 Å². The van der Waals surface area contributed by atoms with Gasteiger partial charge in [0.05, 0.1) is 11.0 Å². The highest BCUT2D eigenvalue weighted by Gasteiger charge is 2.02. The zero-order valence-corrected chi connectivity index (χ0v) is 8.06. The molecule has 0 saturated carbocycles. The van der Waals surface area contributed by atoms with Crippen LogP contribution in [0.15, 0.2) is 18.2 Å². The minimum absolute atomic E-state index is 0.178. The van der Waals surface area contributed by atoms with E-state index < -0.39 is 0 Å². The number of fused-ring (bicyclic) bond motifs is 1. The second kappa shape index (κ2) is 3.15. The van der Waals surface area contributed by atoms with Gasteiger partial charge in [-0.1, -0.05) is 0 Å². The molecule has 0 aliphatic carbocycles. The van der Waals surface area contributed by atoms with Crippen LogP contribution >= 0.6 is 12.2 Å². The quantitative estimate of drug-likeness (QED) is 0.410. The molecule has 0 fully saturated rings. The van der Waals surface area contributed by atoms with Gasteiger partial charge in [-0.3, -0.25) is 0 Å². The fraction of sp³-hybridized carbons (Fsp3) is 0. The Balaban J connectivity index is 2.46. The number of hydrogen-bond acceptors (Lipinski definition) is 3. The van der Waals surface area contributed by atoms with E-state index in [0.29, 0.717) is 11.6 Å². The number of anilines is 2. The van der Waals surface area contributed by atoms with E-state index in [1.807, 2.05) is 6.07 Å². The van der Waals surface area contributed by atoms with Gasteiger partial charge < -0.3 is 21.8 Å². The molecule has 0 saturated heterocycles. The Morgan fingerprint density at radius 2 is 2.29 bits per heavy atom. The Kier molecular flexibility index (Phi) is 1.97. The fourth-order valence-electron chi connectivity index (χ4n) is 1.20. The standard InChI is InChI=1S/C8H9N5S/c9-4-1-2-5-6(3-4)12-8(11-5)13-7(10)14/h1-3H,9H2,(H4,10,11,12,13,14). The van der Waals surface area contributed by atoms with Crippen LogP contribution in [0.2, 0.25) is 0 Å². The average molecular weight is 207 g/mol. The Morgan fingerprint density at radius 1 is 1.50 bits per heavy atom. The first kappa shape index (κ1) is 8.76. The predicted octanol–water partition coefficient (Wildman–Crippen LogP) is 0.801. The third kappa shape index (κ3) is 1.60. The van der Waals surface area contributed by atoms with Crippen molar-refractivity contribution in [3.8, 4) is 0 Å². The van der Waals surface area contributed by atoms with Crippen molar-refractivity contribution in [1.82, 2.24) is 9.97 Å². The van der Waals surface area contributed by atoms with E-state index in [2.05, 4.69) is 27.5 Å². The second-order valence-corrected chi connectivity index (χ2v) is 3.29. The Bertz CT molecular complexity index is 489. The molecule has 0 unspecified atom stereocenters. The lowest BCUT2D eigenvalue weighted by molar-refractivity contribution is 1.33. The lowest BCUT2D eigenvalue weighted by Crippen LogP contribution is -2.19. The van der Waals surface area contributed by atoms with Gasteiger partial charge in [0.1, 0.15) is 0 Å². The molecule has 2 rings (SSSR count). The van der Waals surface area contributed by atoms with Gasteiger partial charge in [0.15, 0.2) is 5.11 Å². The summed E-state index contributed by atoms with van der Waals surface area (Å²) in [6.45, 7) is 0. The van der Waals surface area contributed by atoms with Gasteiger partial charge in [0.25, 0.3) is 0 Å². The molecule has 1 aromatic carbocycles. The third-order valence-electron chi connectivity index (χ3n) is 1.75. The maximum atomic E-state index is 5.62. The minimum atomic E-state index is 0.178. The molecule has 0 radical (unpaired) electrons. The molecule has 0 aliphatic heterocycles. The lowest BCUT2D eigenvalue weighted by Gasteiger charge is -1.95. The predicted molar refractivity (Wildman–Crippen MR) is 60.9 cm³/mol. The van der Waals surface area contributed by atoms with Crippen molar-refractivity contribution in [2.75, 3.05) is 11.1 Å². The van der Waals surface area contributed by atoms with Gasteiger partial charge in [-0.15, -0.1) is 0 Å². The molecule has 14 heavy (non-hydrogen) atoms. The van der Waals surface area contributed by atoms with Crippen LogP contribution in [0.4, 0.5) is 11.6 Å². The fourth-order valence-corrected chi connectivity index (χ4v) is 1.30. The summed E-state index contributed by atoms with van der Waals surface area (Å²) in [6.07, 6.45) is 0. The molecule has 0 amide bonds. The van der Waals surface area contributed by atoms with Crippen LogP contribution in [-0.4, -0.2) is 15.1 Å². The van der Waals surface area contributed by atoms with Crippen LogP contribution in [0.25, 0.3) is 11.0 Å². The third-order valence-corrected chi connectivity index (χ3v) is 1.85. The molecule has 0 spiro atoms. The van der Waals surface area contributed by atoms with Gasteiger partial charge in [0.2, 0.25) is 5.95 Å². The summed E-state index contributed by atoms with van der Waals surface area (Å²) in [6, 6.07) is 5.41. The zero-order chi connectivity index (χ0) is 10.1. The summed E-state index contributed by atoms with van der Waals surface area (Å²) in [7, 11) is 0. The smallest absolute Gasteiger partial charge is 0.207 e. The van der Waals surface area contributed by atoms with Gasteiger partial charge in [-0.25, -0.2) is 4.98 Å². The molecule has 0 aliphatic rings. The number of benzene rings is 1. The summed E-state index contributed by atoms with van der Waals surface area (Å²) in [5, 5.41) is 2.89. The number of rotatable bonds is 1. The maximum Gasteiger partial charge on any atom is 0.207 e. The average Bonchev–Trinajstić information content (AvgIpc) is 2.44. The molecular formula is C8H9N5S. The van der Waals surface area contributed by atoms with Crippen molar-refractivity contribution in [3.63, 3.8) is 0 Å². The van der Waals surface area contributed by atoms with Crippen LogP contribution in [0.5, 0.6) is 0 Å². The lowest BCUT2D eigenvalue weighted by atomic mass is 10.3. The monoisotopic (exact) mass is 207 g/mol. The van der Waals surface area contributed by atoms with Gasteiger partial charge in [0, 0.05) is 5.69 Å².